The molecular weight excluding hydrogens is 256 g/mol. The minimum Gasteiger partial charge on any atom is -0.480 e. The fraction of sp³-hybridized carbons (Fsp3) is 0.600. The molecule has 0 aromatic heterocycles. The number of carboxylic acid groups (broad SMARTS) is 1. The first-order valence-electron chi connectivity index (χ1n) is 5.65. The number of hydrogen-bond acceptors (Lipinski definition) is 5. The van der Waals surface area contributed by atoms with E-state index in [4.69, 9.17) is 10.8 Å². The predicted octanol–water partition coefficient (Wildman–Crippen LogP) is -1.91. The molecule has 9 heteroatoms. The Balaban J connectivity index is 4.25. The number of carbonyl (C=O) groups is 4. The van der Waals surface area contributed by atoms with Crippen LogP contribution in [0, 0.1) is 0 Å². The summed E-state index contributed by atoms with van der Waals surface area (Å²) in [6.07, 6.45) is 0.717. The van der Waals surface area contributed by atoms with E-state index < -0.39 is 36.9 Å². The molecule has 0 saturated heterocycles. The van der Waals surface area contributed by atoms with Gasteiger partial charge in [-0.15, -0.1) is 0 Å². The van der Waals surface area contributed by atoms with Crippen molar-refractivity contribution in [1.29, 1.82) is 0 Å². The fourth-order valence-corrected chi connectivity index (χ4v) is 1.23. The minimum atomic E-state index is -1.20. The van der Waals surface area contributed by atoms with Gasteiger partial charge in [-0.3, -0.25) is 24.6 Å². The average molecular weight is 274 g/mol. The topological polar surface area (TPSA) is 142 Å². The van der Waals surface area contributed by atoms with Gasteiger partial charge in [-0.05, 0) is 6.42 Å². The second-order valence-electron chi connectivity index (χ2n) is 3.81. The van der Waals surface area contributed by atoms with E-state index in [2.05, 4.69) is 5.32 Å². The van der Waals surface area contributed by atoms with Gasteiger partial charge >= 0.3 is 12.0 Å². The number of nitrogens with two attached hydrogens (primary N) is 1. The molecule has 0 radical (unpaired) electrons. The molecule has 0 rings (SSSR count). The molecule has 0 heterocycles. The third-order valence-electron chi connectivity index (χ3n) is 1.89. The summed E-state index contributed by atoms with van der Waals surface area (Å²) in [6.45, 7) is 0.959. The monoisotopic (exact) mass is 274 g/mol. The number of amides is 4. The smallest absolute Gasteiger partial charge is 0.321 e. The van der Waals surface area contributed by atoms with Crippen molar-refractivity contribution in [3.63, 3.8) is 0 Å². The molecule has 9 nitrogen and oxygen atoms in total. The summed E-state index contributed by atoms with van der Waals surface area (Å²) in [7, 11) is 0. The van der Waals surface area contributed by atoms with E-state index in [-0.39, 0.29) is 6.54 Å². The lowest BCUT2D eigenvalue weighted by atomic mass is 10.4. The highest BCUT2D eigenvalue weighted by Crippen LogP contribution is 1.88. The molecular formula is C10H18N4O5. The van der Waals surface area contributed by atoms with Crippen LogP contribution in [0.4, 0.5) is 4.79 Å². The van der Waals surface area contributed by atoms with Crippen LogP contribution < -0.4 is 16.4 Å². The Morgan fingerprint density at radius 2 is 1.79 bits per heavy atom. The molecule has 0 bridgehead atoms. The quantitative estimate of drug-likeness (QED) is 0.407. The molecule has 0 fully saturated rings. The largest absolute Gasteiger partial charge is 0.480 e. The molecule has 0 aliphatic carbocycles. The Labute approximate surface area is 110 Å². The van der Waals surface area contributed by atoms with Crippen molar-refractivity contribution in [1.82, 2.24) is 15.5 Å². The maximum atomic E-state index is 11.4. The van der Waals surface area contributed by atoms with Crippen LogP contribution in [0.2, 0.25) is 0 Å². The summed E-state index contributed by atoms with van der Waals surface area (Å²) in [5, 5.41) is 13.0. The lowest BCUT2D eigenvalue weighted by molar-refractivity contribution is -0.139. The number of carboxylic acids is 1. The van der Waals surface area contributed by atoms with Crippen LogP contribution in [0.25, 0.3) is 0 Å². The maximum absolute atomic E-state index is 11.4. The van der Waals surface area contributed by atoms with Crippen molar-refractivity contribution in [2.75, 3.05) is 26.2 Å². The molecule has 0 aliphatic rings. The van der Waals surface area contributed by atoms with Crippen LogP contribution in [0.15, 0.2) is 0 Å². The zero-order valence-corrected chi connectivity index (χ0v) is 10.6. The van der Waals surface area contributed by atoms with Gasteiger partial charge in [0.25, 0.3) is 0 Å². The standard InChI is InChI=1S/C10H18N4O5/c1-2-3-12-10(19)13-8(16)5-14(4-7(11)15)6-9(17)18/h2-6H2,1H3,(H2,11,15)(H,17,18)(H2,12,13,16,19). The Kier molecular flexibility index (Phi) is 7.85. The van der Waals surface area contributed by atoms with Crippen molar-refractivity contribution in [3.05, 3.63) is 0 Å². The number of nitrogens with one attached hydrogen (secondary N) is 2. The summed E-state index contributed by atoms with van der Waals surface area (Å²) in [6, 6.07) is -0.666. The molecule has 5 N–H and O–H groups in total. The van der Waals surface area contributed by atoms with Crippen LogP contribution in [-0.2, 0) is 14.4 Å². The third-order valence-corrected chi connectivity index (χ3v) is 1.89. The lowest BCUT2D eigenvalue weighted by Gasteiger charge is -2.17. The van der Waals surface area contributed by atoms with Gasteiger partial charge in [0.2, 0.25) is 11.8 Å². The summed E-state index contributed by atoms with van der Waals surface area (Å²) in [5.41, 5.74) is 4.93. The van der Waals surface area contributed by atoms with Gasteiger partial charge < -0.3 is 16.2 Å². The molecule has 0 atom stereocenters. The van der Waals surface area contributed by atoms with E-state index >= 15 is 0 Å². The Bertz CT molecular complexity index is 342. The molecule has 19 heavy (non-hydrogen) atoms. The van der Waals surface area contributed by atoms with E-state index in [9.17, 15) is 19.2 Å². The second kappa shape index (κ2) is 8.86. The number of imide groups is 1. The number of primary amides is 1. The lowest BCUT2D eigenvalue weighted by Crippen LogP contribution is -2.47. The zero-order valence-electron chi connectivity index (χ0n) is 10.6. The van der Waals surface area contributed by atoms with E-state index in [0.29, 0.717) is 13.0 Å². The van der Waals surface area contributed by atoms with Crippen LogP contribution in [0.1, 0.15) is 13.3 Å². The normalized spacial score (nSPS) is 10.0. The van der Waals surface area contributed by atoms with Gasteiger partial charge in [-0.25, -0.2) is 4.79 Å². The van der Waals surface area contributed by atoms with Gasteiger partial charge in [0.1, 0.15) is 0 Å². The van der Waals surface area contributed by atoms with Crippen LogP contribution in [0.5, 0.6) is 0 Å². The van der Waals surface area contributed by atoms with Crippen molar-refractivity contribution < 1.29 is 24.3 Å². The van der Waals surface area contributed by atoms with E-state index in [0.717, 1.165) is 4.90 Å². The first kappa shape index (κ1) is 16.8. The van der Waals surface area contributed by atoms with Gasteiger partial charge in [-0.1, -0.05) is 6.92 Å². The number of rotatable bonds is 8. The molecule has 0 saturated carbocycles. The summed E-state index contributed by atoms with van der Waals surface area (Å²) in [4.78, 5) is 44.9. The Hall–Kier alpha value is -2.16. The van der Waals surface area contributed by atoms with E-state index in [1.54, 1.807) is 0 Å². The SMILES string of the molecule is CCCNC(=O)NC(=O)CN(CC(N)=O)CC(=O)O. The fourth-order valence-electron chi connectivity index (χ4n) is 1.23. The molecule has 0 unspecified atom stereocenters. The number of nitrogens with zero attached hydrogens (tertiary/aromatic N) is 1. The van der Waals surface area contributed by atoms with Crippen LogP contribution in [-0.4, -0.2) is 60.0 Å². The van der Waals surface area contributed by atoms with Crippen LogP contribution in [0.3, 0.4) is 0 Å². The first-order valence-corrected chi connectivity index (χ1v) is 5.65. The van der Waals surface area contributed by atoms with Gasteiger partial charge in [0, 0.05) is 6.54 Å². The highest BCUT2D eigenvalue weighted by atomic mass is 16.4. The highest BCUT2D eigenvalue weighted by Gasteiger charge is 2.17. The van der Waals surface area contributed by atoms with Crippen molar-refractivity contribution in [3.8, 4) is 0 Å². The van der Waals surface area contributed by atoms with Gasteiger partial charge in [0.05, 0.1) is 19.6 Å². The minimum absolute atomic E-state index is 0.379. The number of urea groups is 1. The summed E-state index contributed by atoms with van der Waals surface area (Å²) in [5.74, 6) is -2.68. The Morgan fingerprint density at radius 3 is 2.26 bits per heavy atom. The molecule has 0 aromatic carbocycles. The van der Waals surface area contributed by atoms with Crippen molar-refractivity contribution >= 4 is 23.8 Å². The molecule has 0 spiro atoms. The predicted molar refractivity (Wildman–Crippen MR) is 65.1 cm³/mol. The summed E-state index contributed by atoms with van der Waals surface area (Å²) < 4.78 is 0. The maximum Gasteiger partial charge on any atom is 0.321 e. The third kappa shape index (κ3) is 9.53. The average Bonchev–Trinajstić information content (AvgIpc) is 2.23. The Morgan fingerprint density at radius 1 is 1.16 bits per heavy atom. The number of hydrogen-bond donors (Lipinski definition) is 4. The molecule has 108 valence electrons. The number of carbonyl (C=O) groups excluding carboxylic acids is 3. The first-order chi connectivity index (χ1) is 8.85. The van der Waals surface area contributed by atoms with E-state index in [1.807, 2.05) is 12.2 Å². The second-order valence-corrected chi connectivity index (χ2v) is 3.81. The molecule has 0 aromatic rings. The van der Waals surface area contributed by atoms with Crippen LogP contribution >= 0.6 is 0 Å². The number of aliphatic carboxylic acids is 1. The zero-order chi connectivity index (χ0) is 14.8. The van der Waals surface area contributed by atoms with Gasteiger partial charge in [0.15, 0.2) is 0 Å². The highest BCUT2D eigenvalue weighted by molar-refractivity contribution is 5.95. The molecule has 0 aliphatic heterocycles. The van der Waals surface area contributed by atoms with Crippen molar-refractivity contribution in [2.45, 2.75) is 13.3 Å². The van der Waals surface area contributed by atoms with Crippen molar-refractivity contribution in [2.24, 2.45) is 5.73 Å². The van der Waals surface area contributed by atoms with Gasteiger partial charge in [-0.2, -0.15) is 0 Å². The molecule has 4 amide bonds. The van der Waals surface area contributed by atoms with E-state index in [1.165, 1.54) is 0 Å². The summed E-state index contributed by atoms with van der Waals surface area (Å²) >= 11 is 0.